The van der Waals surface area contributed by atoms with Gasteiger partial charge in [-0.15, -0.1) is 0 Å². The Morgan fingerprint density at radius 1 is 1.47 bits per heavy atom. The first kappa shape index (κ1) is 12.0. The van der Waals surface area contributed by atoms with Crippen LogP contribution in [0.5, 0.6) is 0 Å². The van der Waals surface area contributed by atoms with Gasteiger partial charge in [0, 0.05) is 19.8 Å². The number of nitrogens with zero attached hydrogens (tertiary/aromatic N) is 2. The molecule has 3 nitrogen and oxygen atoms in total. The Balaban J connectivity index is 2.78. The molecule has 0 bridgehead atoms. The maximum atomic E-state index is 5.72. The Morgan fingerprint density at radius 2 is 2.13 bits per heavy atom. The van der Waals surface area contributed by atoms with E-state index >= 15 is 0 Å². The van der Waals surface area contributed by atoms with Crippen LogP contribution in [0, 0.1) is 12.3 Å². The molecule has 15 heavy (non-hydrogen) atoms. The SMILES string of the molecule is Cc1cccnc1N(C)CC(C)(C)CN. The van der Waals surface area contributed by atoms with E-state index in [9.17, 15) is 0 Å². The van der Waals surface area contributed by atoms with Crippen LogP contribution in [0.15, 0.2) is 18.3 Å². The van der Waals surface area contributed by atoms with Gasteiger partial charge in [0.2, 0.25) is 0 Å². The lowest BCUT2D eigenvalue weighted by atomic mass is 9.93. The van der Waals surface area contributed by atoms with Crippen LogP contribution in [-0.2, 0) is 0 Å². The standard InChI is InChI=1S/C12H21N3/c1-10-6-5-7-14-11(10)15(4)9-12(2,3)8-13/h5-7H,8-9,13H2,1-4H3. The van der Waals surface area contributed by atoms with Crippen LogP contribution in [0.25, 0.3) is 0 Å². The lowest BCUT2D eigenvalue weighted by molar-refractivity contribution is 0.384. The van der Waals surface area contributed by atoms with E-state index in [1.807, 2.05) is 12.3 Å². The zero-order chi connectivity index (χ0) is 11.5. The molecule has 0 aliphatic carbocycles. The summed E-state index contributed by atoms with van der Waals surface area (Å²) in [4.78, 5) is 6.55. The van der Waals surface area contributed by atoms with E-state index in [1.165, 1.54) is 5.56 Å². The minimum Gasteiger partial charge on any atom is -0.359 e. The van der Waals surface area contributed by atoms with E-state index < -0.39 is 0 Å². The molecule has 0 unspecified atom stereocenters. The molecule has 1 heterocycles. The highest BCUT2D eigenvalue weighted by atomic mass is 15.2. The second kappa shape index (κ2) is 4.62. The molecule has 0 aliphatic heterocycles. The maximum Gasteiger partial charge on any atom is 0.131 e. The molecule has 1 rings (SSSR count). The van der Waals surface area contributed by atoms with Crippen LogP contribution in [0.4, 0.5) is 5.82 Å². The third kappa shape index (κ3) is 3.20. The number of nitrogens with two attached hydrogens (primary N) is 1. The summed E-state index contributed by atoms with van der Waals surface area (Å²) in [5.41, 5.74) is 7.05. The topological polar surface area (TPSA) is 42.2 Å². The fraction of sp³-hybridized carbons (Fsp3) is 0.583. The minimum atomic E-state index is 0.124. The average molecular weight is 207 g/mol. The van der Waals surface area contributed by atoms with Crippen molar-refractivity contribution in [2.75, 3.05) is 25.0 Å². The largest absolute Gasteiger partial charge is 0.359 e. The minimum absolute atomic E-state index is 0.124. The summed E-state index contributed by atoms with van der Waals surface area (Å²) in [6, 6.07) is 4.04. The second-order valence-electron chi connectivity index (χ2n) is 4.87. The number of hydrogen-bond acceptors (Lipinski definition) is 3. The maximum absolute atomic E-state index is 5.72. The summed E-state index contributed by atoms with van der Waals surface area (Å²) in [5.74, 6) is 1.04. The lowest BCUT2D eigenvalue weighted by Gasteiger charge is -2.30. The van der Waals surface area contributed by atoms with Crippen molar-refractivity contribution in [3.63, 3.8) is 0 Å². The van der Waals surface area contributed by atoms with E-state index in [0.29, 0.717) is 6.54 Å². The van der Waals surface area contributed by atoms with Gasteiger partial charge < -0.3 is 10.6 Å². The van der Waals surface area contributed by atoms with Crippen LogP contribution < -0.4 is 10.6 Å². The van der Waals surface area contributed by atoms with Crippen LogP contribution in [0.2, 0.25) is 0 Å². The molecule has 84 valence electrons. The molecule has 0 aromatic carbocycles. The van der Waals surface area contributed by atoms with Gasteiger partial charge in [-0.25, -0.2) is 4.98 Å². The molecular formula is C12H21N3. The Bertz CT molecular complexity index is 320. The molecule has 2 N–H and O–H groups in total. The summed E-state index contributed by atoms with van der Waals surface area (Å²) >= 11 is 0. The van der Waals surface area contributed by atoms with Crippen LogP contribution in [-0.4, -0.2) is 25.1 Å². The molecular weight excluding hydrogens is 186 g/mol. The molecule has 1 aromatic rings. The average Bonchev–Trinajstić information content (AvgIpc) is 2.17. The Morgan fingerprint density at radius 3 is 2.67 bits per heavy atom. The smallest absolute Gasteiger partial charge is 0.131 e. The Hall–Kier alpha value is -1.09. The zero-order valence-electron chi connectivity index (χ0n) is 10.1. The molecule has 0 spiro atoms. The fourth-order valence-corrected chi connectivity index (χ4v) is 1.66. The Labute approximate surface area is 92.3 Å². The van der Waals surface area contributed by atoms with Crippen molar-refractivity contribution in [1.29, 1.82) is 0 Å². The van der Waals surface area contributed by atoms with Gasteiger partial charge in [0.25, 0.3) is 0 Å². The monoisotopic (exact) mass is 207 g/mol. The molecule has 1 aromatic heterocycles. The molecule has 0 saturated heterocycles. The van der Waals surface area contributed by atoms with Crippen LogP contribution in [0.1, 0.15) is 19.4 Å². The molecule has 0 aliphatic rings. The first-order valence-electron chi connectivity index (χ1n) is 5.29. The highest BCUT2D eigenvalue weighted by Gasteiger charge is 2.19. The van der Waals surface area contributed by atoms with E-state index in [2.05, 4.69) is 43.8 Å². The third-order valence-corrected chi connectivity index (χ3v) is 2.56. The molecule has 0 atom stereocenters. The summed E-state index contributed by atoms with van der Waals surface area (Å²) in [5, 5.41) is 0. The van der Waals surface area contributed by atoms with Gasteiger partial charge in [0.1, 0.15) is 5.82 Å². The van der Waals surface area contributed by atoms with Gasteiger partial charge in [-0.1, -0.05) is 19.9 Å². The number of anilines is 1. The molecule has 0 radical (unpaired) electrons. The van der Waals surface area contributed by atoms with Crippen molar-refractivity contribution in [2.24, 2.45) is 11.1 Å². The number of hydrogen-bond donors (Lipinski definition) is 1. The zero-order valence-corrected chi connectivity index (χ0v) is 10.1. The van der Waals surface area contributed by atoms with Gasteiger partial charge in [-0.05, 0) is 30.5 Å². The number of rotatable bonds is 4. The van der Waals surface area contributed by atoms with Gasteiger partial charge in [0.15, 0.2) is 0 Å². The van der Waals surface area contributed by atoms with Gasteiger partial charge in [-0.3, -0.25) is 0 Å². The third-order valence-electron chi connectivity index (χ3n) is 2.56. The lowest BCUT2D eigenvalue weighted by Crippen LogP contribution is -2.37. The quantitative estimate of drug-likeness (QED) is 0.818. The summed E-state index contributed by atoms with van der Waals surface area (Å²) in [6.45, 7) is 8.02. The Kier molecular flexibility index (Phi) is 3.69. The molecule has 0 fully saturated rings. The predicted octanol–water partition coefficient (Wildman–Crippen LogP) is 1.81. The van der Waals surface area contributed by atoms with Crippen molar-refractivity contribution in [3.8, 4) is 0 Å². The van der Waals surface area contributed by atoms with Crippen LogP contribution in [0.3, 0.4) is 0 Å². The van der Waals surface area contributed by atoms with Gasteiger partial charge in [-0.2, -0.15) is 0 Å². The normalized spacial score (nSPS) is 11.5. The first-order chi connectivity index (χ1) is 6.96. The second-order valence-corrected chi connectivity index (χ2v) is 4.87. The van der Waals surface area contributed by atoms with Crippen molar-refractivity contribution in [1.82, 2.24) is 4.98 Å². The molecule has 0 amide bonds. The number of pyridine rings is 1. The van der Waals surface area contributed by atoms with E-state index in [0.717, 1.165) is 12.4 Å². The summed E-state index contributed by atoms with van der Waals surface area (Å²) in [7, 11) is 2.06. The highest BCUT2D eigenvalue weighted by molar-refractivity contribution is 5.45. The first-order valence-corrected chi connectivity index (χ1v) is 5.29. The van der Waals surface area contributed by atoms with E-state index in [4.69, 9.17) is 5.73 Å². The fourth-order valence-electron chi connectivity index (χ4n) is 1.66. The highest BCUT2D eigenvalue weighted by Crippen LogP contribution is 2.20. The number of aromatic nitrogens is 1. The number of aryl methyl sites for hydroxylation is 1. The van der Waals surface area contributed by atoms with E-state index in [-0.39, 0.29) is 5.41 Å². The van der Waals surface area contributed by atoms with Crippen molar-refractivity contribution < 1.29 is 0 Å². The van der Waals surface area contributed by atoms with Crippen LogP contribution >= 0.6 is 0 Å². The van der Waals surface area contributed by atoms with Crippen molar-refractivity contribution >= 4 is 5.82 Å². The summed E-state index contributed by atoms with van der Waals surface area (Å²) in [6.07, 6.45) is 1.83. The van der Waals surface area contributed by atoms with E-state index in [1.54, 1.807) is 0 Å². The van der Waals surface area contributed by atoms with Crippen molar-refractivity contribution in [2.45, 2.75) is 20.8 Å². The predicted molar refractivity (Wildman–Crippen MR) is 65.1 cm³/mol. The van der Waals surface area contributed by atoms with Gasteiger partial charge in [0.05, 0.1) is 0 Å². The van der Waals surface area contributed by atoms with Crippen molar-refractivity contribution in [3.05, 3.63) is 23.9 Å². The van der Waals surface area contributed by atoms with Gasteiger partial charge >= 0.3 is 0 Å². The summed E-state index contributed by atoms with van der Waals surface area (Å²) < 4.78 is 0. The molecule has 0 saturated carbocycles. The molecule has 3 heteroatoms.